The lowest BCUT2D eigenvalue weighted by Gasteiger charge is -2.37. The molecular weight excluding hydrogens is 419 g/mol. The standard InChI is InChI=1S/C26H27FN4O2/c1-29(18-19-7-3-2-4-8-19)25(32)22-17-20(28)11-12-24(22)30-13-15-31(16-14-30)26(33)21-9-5-6-10-23(21)27/h2-12,17H,13-16,18,28H2,1H3. The Morgan fingerprint density at radius 1 is 0.909 bits per heavy atom. The van der Waals surface area contributed by atoms with Crippen LogP contribution >= 0.6 is 0 Å². The summed E-state index contributed by atoms with van der Waals surface area (Å²) in [5.41, 5.74) is 8.96. The van der Waals surface area contributed by atoms with Gasteiger partial charge in [0.2, 0.25) is 0 Å². The number of hydrogen-bond donors (Lipinski definition) is 1. The third kappa shape index (κ3) is 4.98. The molecule has 0 radical (unpaired) electrons. The SMILES string of the molecule is CN(Cc1ccccc1)C(=O)c1cc(N)ccc1N1CCN(C(=O)c2ccccc2F)CC1. The summed E-state index contributed by atoms with van der Waals surface area (Å²) in [5.74, 6) is -0.951. The highest BCUT2D eigenvalue weighted by atomic mass is 19.1. The number of carbonyl (C=O) groups excluding carboxylic acids is 2. The molecule has 0 aliphatic carbocycles. The predicted octanol–water partition coefficient (Wildman–Crippen LogP) is 3.64. The van der Waals surface area contributed by atoms with Gasteiger partial charge in [-0.3, -0.25) is 9.59 Å². The number of amides is 2. The molecule has 2 amide bonds. The van der Waals surface area contributed by atoms with Crippen LogP contribution in [-0.2, 0) is 6.54 Å². The normalized spacial score (nSPS) is 13.6. The quantitative estimate of drug-likeness (QED) is 0.608. The molecule has 0 bridgehead atoms. The zero-order valence-electron chi connectivity index (χ0n) is 18.6. The molecule has 3 aromatic carbocycles. The summed E-state index contributed by atoms with van der Waals surface area (Å²) in [6.45, 7) is 2.43. The molecule has 3 aromatic rings. The van der Waals surface area contributed by atoms with Gasteiger partial charge in [-0.25, -0.2) is 4.39 Å². The van der Waals surface area contributed by atoms with Crippen molar-refractivity contribution in [2.45, 2.75) is 6.54 Å². The highest BCUT2D eigenvalue weighted by molar-refractivity contribution is 6.00. The van der Waals surface area contributed by atoms with Gasteiger partial charge in [0, 0.05) is 51.1 Å². The van der Waals surface area contributed by atoms with Gasteiger partial charge in [-0.1, -0.05) is 42.5 Å². The van der Waals surface area contributed by atoms with E-state index in [4.69, 9.17) is 5.73 Å². The van der Waals surface area contributed by atoms with Crippen LogP contribution in [0, 0.1) is 5.82 Å². The van der Waals surface area contributed by atoms with Gasteiger partial charge in [-0.05, 0) is 35.9 Å². The Balaban J connectivity index is 1.48. The molecule has 0 atom stereocenters. The molecule has 0 unspecified atom stereocenters. The Morgan fingerprint density at radius 3 is 2.27 bits per heavy atom. The maximum absolute atomic E-state index is 14.0. The summed E-state index contributed by atoms with van der Waals surface area (Å²) < 4.78 is 14.0. The number of carbonyl (C=O) groups is 2. The van der Waals surface area contributed by atoms with Crippen molar-refractivity contribution in [1.29, 1.82) is 0 Å². The second-order valence-electron chi connectivity index (χ2n) is 8.18. The van der Waals surface area contributed by atoms with Crippen LogP contribution in [-0.4, -0.2) is 54.8 Å². The minimum atomic E-state index is -0.516. The minimum absolute atomic E-state index is 0.0804. The molecule has 0 aromatic heterocycles. The lowest BCUT2D eigenvalue weighted by Crippen LogP contribution is -2.49. The van der Waals surface area contributed by atoms with E-state index < -0.39 is 5.82 Å². The van der Waals surface area contributed by atoms with Crippen LogP contribution in [0.1, 0.15) is 26.3 Å². The van der Waals surface area contributed by atoms with E-state index in [1.54, 1.807) is 41.1 Å². The van der Waals surface area contributed by atoms with Crippen LogP contribution in [0.2, 0.25) is 0 Å². The van der Waals surface area contributed by atoms with Gasteiger partial charge >= 0.3 is 0 Å². The fraction of sp³-hybridized carbons (Fsp3) is 0.231. The fourth-order valence-electron chi connectivity index (χ4n) is 4.09. The Bertz CT molecular complexity index is 1140. The number of nitrogen functional groups attached to an aromatic ring is 1. The topological polar surface area (TPSA) is 69.9 Å². The van der Waals surface area contributed by atoms with Crippen LogP contribution in [0.15, 0.2) is 72.8 Å². The lowest BCUT2D eigenvalue weighted by atomic mass is 10.1. The average molecular weight is 447 g/mol. The van der Waals surface area contributed by atoms with E-state index in [1.165, 1.54) is 12.1 Å². The van der Waals surface area contributed by atoms with Gasteiger partial charge in [0.1, 0.15) is 5.82 Å². The van der Waals surface area contributed by atoms with Gasteiger partial charge < -0.3 is 20.4 Å². The van der Waals surface area contributed by atoms with Crippen LogP contribution in [0.25, 0.3) is 0 Å². The molecule has 1 fully saturated rings. The van der Waals surface area contributed by atoms with E-state index >= 15 is 0 Å². The van der Waals surface area contributed by atoms with Crippen LogP contribution in [0.5, 0.6) is 0 Å². The van der Waals surface area contributed by atoms with E-state index in [0.717, 1.165) is 11.3 Å². The molecule has 6 nitrogen and oxygen atoms in total. The third-order valence-electron chi connectivity index (χ3n) is 5.87. The molecule has 170 valence electrons. The van der Waals surface area contributed by atoms with Gasteiger partial charge in [0.15, 0.2) is 0 Å². The number of hydrogen-bond acceptors (Lipinski definition) is 4. The first-order valence-corrected chi connectivity index (χ1v) is 10.9. The van der Waals surface area contributed by atoms with Crippen molar-refractivity contribution in [3.8, 4) is 0 Å². The molecule has 1 aliphatic rings. The molecule has 4 rings (SSSR count). The number of halogens is 1. The Hall–Kier alpha value is -3.87. The number of rotatable bonds is 5. The first-order valence-electron chi connectivity index (χ1n) is 10.9. The molecule has 1 saturated heterocycles. The summed E-state index contributed by atoms with van der Waals surface area (Å²) in [4.78, 5) is 31.4. The fourth-order valence-corrected chi connectivity index (χ4v) is 4.09. The zero-order valence-corrected chi connectivity index (χ0v) is 18.6. The van der Waals surface area contributed by atoms with Crippen molar-refractivity contribution in [1.82, 2.24) is 9.80 Å². The number of nitrogens with two attached hydrogens (primary N) is 1. The van der Waals surface area contributed by atoms with Crippen molar-refractivity contribution in [3.63, 3.8) is 0 Å². The van der Waals surface area contributed by atoms with Gasteiger partial charge in [0.25, 0.3) is 11.8 Å². The number of anilines is 2. The maximum Gasteiger partial charge on any atom is 0.256 e. The molecule has 0 saturated carbocycles. The maximum atomic E-state index is 14.0. The van der Waals surface area contributed by atoms with Crippen LogP contribution < -0.4 is 10.6 Å². The summed E-state index contributed by atoms with van der Waals surface area (Å²) in [6, 6.07) is 21.2. The molecule has 33 heavy (non-hydrogen) atoms. The number of piperazine rings is 1. The zero-order chi connectivity index (χ0) is 23.4. The molecule has 1 heterocycles. The second kappa shape index (κ2) is 9.73. The van der Waals surface area contributed by atoms with Crippen molar-refractivity contribution in [2.75, 3.05) is 43.9 Å². The molecule has 1 aliphatic heterocycles. The van der Waals surface area contributed by atoms with Crippen molar-refractivity contribution < 1.29 is 14.0 Å². The highest BCUT2D eigenvalue weighted by Crippen LogP contribution is 2.26. The van der Waals surface area contributed by atoms with Crippen LogP contribution in [0.3, 0.4) is 0 Å². The first kappa shape index (κ1) is 22.3. The average Bonchev–Trinajstić information content (AvgIpc) is 2.84. The summed E-state index contributed by atoms with van der Waals surface area (Å²) in [6.07, 6.45) is 0. The van der Waals surface area contributed by atoms with Gasteiger partial charge in [-0.2, -0.15) is 0 Å². The van der Waals surface area contributed by atoms with Gasteiger partial charge in [0.05, 0.1) is 11.1 Å². The molecule has 2 N–H and O–H groups in total. The van der Waals surface area contributed by atoms with E-state index in [9.17, 15) is 14.0 Å². The largest absolute Gasteiger partial charge is 0.399 e. The molecular formula is C26H27FN4O2. The van der Waals surface area contributed by atoms with Crippen molar-refractivity contribution in [2.24, 2.45) is 0 Å². The highest BCUT2D eigenvalue weighted by Gasteiger charge is 2.27. The summed E-state index contributed by atoms with van der Waals surface area (Å²) in [5, 5.41) is 0. The van der Waals surface area contributed by atoms with E-state index in [-0.39, 0.29) is 17.4 Å². The Morgan fingerprint density at radius 2 is 1.58 bits per heavy atom. The third-order valence-corrected chi connectivity index (χ3v) is 5.87. The van der Waals surface area contributed by atoms with E-state index in [0.29, 0.717) is 44.0 Å². The smallest absolute Gasteiger partial charge is 0.256 e. The Labute approximate surface area is 193 Å². The Kier molecular flexibility index (Phi) is 6.58. The first-order chi connectivity index (χ1) is 15.9. The molecule has 0 spiro atoms. The number of nitrogens with zero attached hydrogens (tertiary/aromatic N) is 3. The second-order valence-corrected chi connectivity index (χ2v) is 8.18. The predicted molar refractivity (Wildman–Crippen MR) is 128 cm³/mol. The minimum Gasteiger partial charge on any atom is -0.399 e. The van der Waals surface area contributed by atoms with E-state index in [2.05, 4.69) is 4.90 Å². The van der Waals surface area contributed by atoms with Crippen molar-refractivity contribution in [3.05, 3.63) is 95.3 Å². The monoisotopic (exact) mass is 446 g/mol. The summed E-state index contributed by atoms with van der Waals surface area (Å²) in [7, 11) is 1.77. The van der Waals surface area contributed by atoms with Crippen LogP contribution in [0.4, 0.5) is 15.8 Å². The lowest BCUT2D eigenvalue weighted by molar-refractivity contribution is 0.0738. The molecule has 7 heteroatoms. The van der Waals surface area contributed by atoms with Crippen molar-refractivity contribution >= 4 is 23.2 Å². The number of benzene rings is 3. The van der Waals surface area contributed by atoms with Gasteiger partial charge in [-0.15, -0.1) is 0 Å². The van der Waals surface area contributed by atoms with E-state index in [1.807, 2.05) is 36.4 Å². The summed E-state index contributed by atoms with van der Waals surface area (Å²) >= 11 is 0.